The minimum absolute atomic E-state index is 0. The fourth-order valence-electron chi connectivity index (χ4n) is 4.67. The third-order valence-corrected chi connectivity index (χ3v) is 6.29. The van der Waals surface area contributed by atoms with E-state index in [9.17, 15) is 0 Å². The number of hydrogen-bond acceptors (Lipinski definition) is 4. The van der Waals surface area contributed by atoms with Gasteiger partial charge in [0.2, 0.25) is 0 Å². The maximum atomic E-state index is 6.03. The van der Waals surface area contributed by atoms with Gasteiger partial charge in [0.25, 0.3) is 0 Å². The molecule has 0 spiro atoms. The van der Waals surface area contributed by atoms with Gasteiger partial charge in [-0.3, -0.25) is 4.99 Å². The third kappa shape index (κ3) is 6.07. The molecule has 3 atom stereocenters. The van der Waals surface area contributed by atoms with Crippen LogP contribution in [-0.4, -0.2) is 52.4 Å². The van der Waals surface area contributed by atoms with Gasteiger partial charge in [-0.1, -0.05) is 42.5 Å². The molecule has 2 aliphatic rings. The highest BCUT2D eigenvalue weighted by Crippen LogP contribution is 2.34. The number of nitrogens with one attached hydrogen (secondary N) is 2. The normalized spacial score (nSPS) is 23.4. The number of guanidine groups is 1. The monoisotopic (exact) mass is 550 g/mol. The summed E-state index contributed by atoms with van der Waals surface area (Å²) in [7, 11) is 3.58. The van der Waals surface area contributed by atoms with E-state index in [1.54, 1.807) is 7.11 Å². The van der Waals surface area contributed by atoms with Crippen molar-refractivity contribution in [1.82, 2.24) is 10.6 Å². The molecule has 7 heteroatoms. The number of nitrogens with zero attached hydrogens (tertiary/aromatic N) is 2. The standard InChI is InChI=1S/C25H34N4O2.HI/c1-26-25(27-17-20-14-16-31-24(20)19-9-4-3-5-10-19)28-21-11-8-15-29(18-21)22-12-6-7-13-23(22)30-2;/h3-7,9-10,12-13,20-21,24H,8,11,14-18H2,1-2H3,(H2,26,27,28);1H. The lowest BCUT2D eigenvalue weighted by Gasteiger charge is -2.36. The lowest BCUT2D eigenvalue weighted by atomic mass is 9.95. The first kappa shape index (κ1) is 24.6. The molecule has 2 aromatic carbocycles. The van der Waals surface area contributed by atoms with Crippen molar-refractivity contribution >= 4 is 35.6 Å². The maximum absolute atomic E-state index is 6.03. The van der Waals surface area contributed by atoms with Crippen molar-refractivity contribution < 1.29 is 9.47 Å². The molecule has 0 aliphatic carbocycles. The van der Waals surface area contributed by atoms with Gasteiger partial charge >= 0.3 is 0 Å². The number of methoxy groups -OCH3 is 1. The fraction of sp³-hybridized carbons (Fsp3) is 0.480. The number of rotatable bonds is 6. The number of hydrogen-bond donors (Lipinski definition) is 2. The Morgan fingerprint density at radius 1 is 1.12 bits per heavy atom. The Labute approximate surface area is 208 Å². The summed E-state index contributed by atoms with van der Waals surface area (Å²) in [6.45, 7) is 3.64. The summed E-state index contributed by atoms with van der Waals surface area (Å²) in [5.41, 5.74) is 2.42. The molecule has 2 fully saturated rings. The SMILES string of the molecule is CN=C(NCC1CCOC1c1ccccc1)NC1CCCN(c2ccccc2OC)C1.I. The van der Waals surface area contributed by atoms with E-state index >= 15 is 0 Å². The number of ether oxygens (including phenoxy) is 2. The molecule has 0 radical (unpaired) electrons. The van der Waals surface area contributed by atoms with Crippen LogP contribution in [-0.2, 0) is 4.74 Å². The molecule has 2 aliphatic heterocycles. The van der Waals surface area contributed by atoms with Crippen molar-refractivity contribution in [2.24, 2.45) is 10.9 Å². The summed E-state index contributed by atoms with van der Waals surface area (Å²) in [6, 6.07) is 19.1. The molecule has 0 aromatic heterocycles. The Morgan fingerprint density at radius 3 is 2.69 bits per heavy atom. The zero-order valence-electron chi connectivity index (χ0n) is 19.0. The quantitative estimate of drug-likeness (QED) is 0.321. The number of piperidine rings is 1. The first-order valence-electron chi connectivity index (χ1n) is 11.3. The minimum atomic E-state index is 0. The smallest absolute Gasteiger partial charge is 0.191 e. The van der Waals surface area contributed by atoms with E-state index in [4.69, 9.17) is 9.47 Å². The van der Waals surface area contributed by atoms with Crippen LogP contribution in [0.25, 0.3) is 0 Å². The molecule has 32 heavy (non-hydrogen) atoms. The largest absolute Gasteiger partial charge is 0.495 e. The van der Waals surface area contributed by atoms with E-state index in [0.717, 1.165) is 62.9 Å². The number of benzene rings is 2. The molecule has 2 saturated heterocycles. The molecular formula is C25H35IN4O2. The Kier molecular flexibility index (Phi) is 9.47. The van der Waals surface area contributed by atoms with Crippen LogP contribution in [0.1, 0.15) is 30.9 Å². The van der Waals surface area contributed by atoms with Crippen molar-refractivity contribution in [1.29, 1.82) is 0 Å². The van der Waals surface area contributed by atoms with Gasteiger partial charge in [-0.2, -0.15) is 0 Å². The predicted octanol–water partition coefficient (Wildman–Crippen LogP) is 4.22. The minimum Gasteiger partial charge on any atom is -0.495 e. The predicted molar refractivity (Wildman–Crippen MR) is 141 cm³/mol. The summed E-state index contributed by atoms with van der Waals surface area (Å²) in [5, 5.41) is 7.19. The van der Waals surface area contributed by atoms with Crippen LogP contribution >= 0.6 is 24.0 Å². The Bertz CT molecular complexity index is 864. The zero-order valence-corrected chi connectivity index (χ0v) is 21.3. The summed E-state index contributed by atoms with van der Waals surface area (Å²) in [6.07, 6.45) is 3.49. The topological polar surface area (TPSA) is 58.1 Å². The second kappa shape index (κ2) is 12.3. The van der Waals surface area contributed by atoms with E-state index in [1.807, 2.05) is 19.2 Å². The molecule has 3 unspecified atom stereocenters. The van der Waals surface area contributed by atoms with Crippen LogP contribution in [0.3, 0.4) is 0 Å². The van der Waals surface area contributed by atoms with E-state index in [2.05, 4.69) is 63.0 Å². The van der Waals surface area contributed by atoms with Crippen LogP contribution in [0.15, 0.2) is 59.6 Å². The highest BCUT2D eigenvalue weighted by molar-refractivity contribution is 14.0. The molecule has 174 valence electrons. The van der Waals surface area contributed by atoms with E-state index < -0.39 is 0 Å². The number of para-hydroxylation sites is 2. The van der Waals surface area contributed by atoms with Gasteiger partial charge in [-0.15, -0.1) is 24.0 Å². The molecule has 2 N–H and O–H groups in total. The molecule has 2 aromatic rings. The maximum Gasteiger partial charge on any atom is 0.191 e. The van der Waals surface area contributed by atoms with Crippen LogP contribution in [0, 0.1) is 5.92 Å². The van der Waals surface area contributed by atoms with Crippen molar-refractivity contribution in [2.45, 2.75) is 31.4 Å². The van der Waals surface area contributed by atoms with E-state index in [0.29, 0.717) is 12.0 Å². The molecule has 0 saturated carbocycles. The highest BCUT2D eigenvalue weighted by atomic mass is 127. The van der Waals surface area contributed by atoms with Gasteiger partial charge < -0.3 is 25.0 Å². The van der Waals surface area contributed by atoms with Gasteiger partial charge in [-0.25, -0.2) is 0 Å². The van der Waals surface area contributed by atoms with E-state index in [1.165, 1.54) is 5.56 Å². The Balaban J connectivity index is 0.00000289. The summed E-state index contributed by atoms with van der Waals surface area (Å²) < 4.78 is 11.6. The van der Waals surface area contributed by atoms with Gasteiger partial charge in [0.05, 0.1) is 18.9 Å². The number of anilines is 1. The zero-order chi connectivity index (χ0) is 21.5. The van der Waals surface area contributed by atoms with Crippen molar-refractivity contribution in [3.8, 4) is 5.75 Å². The first-order chi connectivity index (χ1) is 15.3. The van der Waals surface area contributed by atoms with Gasteiger partial charge in [0.1, 0.15) is 5.75 Å². The third-order valence-electron chi connectivity index (χ3n) is 6.29. The second-order valence-electron chi connectivity index (χ2n) is 8.31. The number of halogens is 1. The van der Waals surface area contributed by atoms with Gasteiger partial charge in [-0.05, 0) is 37.0 Å². The van der Waals surface area contributed by atoms with Gasteiger partial charge in [0.15, 0.2) is 5.96 Å². The molecule has 2 heterocycles. The van der Waals surface area contributed by atoms with Crippen molar-refractivity contribution in [3.05, 3.63) is 60.2 Å². The number of aliphatic imine (C=N–C) groups is 1. The van der Waals surface area contributed by atoms with Crippen LogP contribution in [0.2, 0.25) is 0 Å². The summed E-state index contributed by atoms with van der Waals surface area (Å²) in [4.78, 5) is 6.89. The van der Waals surface area contributed by atoms with Crippen LogP contribution in [0.5, 0.6) is 5.75 Å². The Hall–Kier alpha value is -2.00. The second-order valence-corrected chi connectivity index (χ2v) is 8.31. The van der Waals surface area contributed by atoms with E-state index in [-0.39, 0.29) is 30.1 Å². The molecular weight excluding hydrogens is 515 g/mol. The lowest BCUT2D eigenvalue weighted by molar-refractivity contribution is 0.0915. The lowest BCUT2D eigenvalue weighted by Crippen LogP contribution is -2.52. The molecule has 6 nitrogen and oxygen atoms in total. The summed E-state index contributed by atoms with van der Waals surface area (Å²) >= 11 is 0. The molecule has 0 bridgehead atoms. The average Bonchev–Trinajstić information content (AvgIpc) is 3.31. The van der Waals surface area contributed by atoms with Crippen LogP contribution < -0.4 is 20.3 Å². The summed E-state index contributed by atoms with van der Waals surface area (Å²) in [5.74, 6) is 2.24. The van der Waals surface area contributed by atoms with Crippen molar-refractivity contribution in [2.75, 3.05) is 45.3 Å². The molecule has 0 amide bonds. The van der Waals surface area contributed by atoms with Crippen LogP contribution in [0.4, 0.5) is 5.69 Å². The average molecular weight is 550 g/mol. The van der Waals surface area contributed by atoms with Gasteiger partial charge in [0, 0.05) is 45.2 Å². The fourth-order valence-corrected chi connectivity index (χ4v) is 4.67. The molecule has 4 rings (SSSR count). The van der Waals surface area contributed by atoms with Crippen molar-refractivity contribution in [3.63, 3.8) is 0 Å². The first-order valence-corrected chi connectivity index (χ1v) is 11.3. The Morgan fingerprint density at radius 2 is 1.91 bits per heavy atom. The highest BCUT2D eigenvalue weighted by Gasteiger charge is 2.30.